The molecule has 0 saturated heterocycles. The molecule has 1 aromatic heterocycles. The number of fused-ring (bicyclic) bond motifs is 1. The van der Waals surface area contributed by atoms with Gasteiger partial charge in [0.2, 0.25) is 5.95 Å². The van der Waals surface area contributed by atoms with Crippen molar-refractivity contribution < 1.29 is 4.74 Å². The summed E-state index contributed by atoms with van der Waals surface area (Å²) in [6.07, 6.45) is 1.34. The Hall–Kier alpha value is -1.75. The molecule has 1 aromatic carbocycles. The van der Waals surface area contributed by atoms with Crippen LogP contribution in [-0.2, 0) is 4.74 Å². The summed E-state index contributed by atoms with van der Waals surface area (Å²) in [4.78, 5) is 7.83. The zero-order chi connectivity index (χ0) is 14.3. The molecule has 5 heteroatoms. The average Bonchev–Trinajstić information content (AvgIpc) is 2.79. The molecule has 2 unspecified atom stereocenters. The molecule has 1 saturated carbocycles. The number of benzene rings is 1. The molecule has 5 nitrogen and oxygen atoms in total. The van der Waals surface area contributed by atoms with Gasteiger partial charge in [0.1, 0.15) is 0 Å². The standard InChI is InChI=1S/C15H22N4O/c1-4-20-13-8-12(15(13,2)3)19-14-17-10-6-5-9(16)7-11(10)18-14/h5-7,12-13H,4,8,16H2,1-3H3,(H2,17,18,19). The van der Waals surface area contributed by atoms with E-state index in [2.05, 4.69) is 29.1 Å². The monoisotopic (exact) mass is 274 g/mol. The van der Waals surface area contributed by atoms with E-state index in [0.29, 0.717) is 12.1 Å². The van der Waals surface area contributed by atoms with E-state index in [1.807, 2.05) is 25.1 Å². The topological polar surface area (TPSA) is 76.0 Å². The van der Waals surface area contributed by atoms with Gasteiger partial charge in [-0.1, -0.05) is 13.8 Å². The third kappa shape index (κ3) is 2.12. The lowest BCUT2D eigenvalue weighted by Gasteiger charge is -2.51. The molecule has 3 rings (SSSR count). The minimum absolute atomic E-state index is 0.119. The minimum atomic E-state index is 0.119. The van der Waals surface area contributed by atoms with E-state index in [-0.39, 0.29) is 5.41 Å². The van der Waals surface area contributed by atoms with E-state index >= 15 is 0 Å². The van der Waals surface area contributed by atoms with Crippen LogP contribution in [0.5, 0.6) is 0 Å². The molecule has 20 heavy (non-hydrogen) atoms. The second-order valence-corrected chi connectivity index (χ2v) is 6.06. The van der Waals surface area contributed by atoms with Gasteiger partial charge >= 0.3 is 0 Å². The molecule has 1 aliphatic rings. The Morgan fingerprint density at radius 1 is 1.50 bits per heavy atom. The van der Waals surface area contributed by atoms with Crippen LogP contribution in [0.2, 0.25) is 0 Å². The highest BCUT2D eigenvalue weighted by Gasteiger charge is 2.49. The van der Waals surface area contributed by atoms with Crippen LogP contribution in [-0.4, -0.2) is 28.7 Å². The Balaban J connectivity index is 1.74. The third-order valence-electron chi connectivity index (χ3n) is 4.36. The van der Waals surface area contributed by atoms with Gasteiger partial charge in [0.25, 0.3) is 0 Å². The van der Waals surface area contributed by atoms with Gasteiger partial charge in [-0.05, 0) is 31.5 Å². The van der Waals surface area contributed by atoms with Gasteiger partial charge < -0.3 is 20.8 Å². The first-order chi connectivity index (χ1) is 9.50. The fraction of sp³-hybridized carbons (Fsp3) is 0.533. The summed E-state index contributed by atoms with van der Waals surface area (Å²) >= 11 is 0. The summed E-state index contributed by atoms with van der Waals surface area (Å²) in [6, 6.07) is 6.08. The molecule has 1 heterocycles. The number of nitrogen functional groups attached to an aromatic ring is 1. The number of hydrogen-bond donors (Lipinski definition) is 3. The Morgan fingerprint density at radius 3 is 3.00 bits per heavy atom. The summed E-state index contributed by atoms with van der Waals surface area (Å²) in [5, 5.41) is 3.48. The molecule has 108 valence electrons. The summed E-state index contributed by atoms with van der Waals surface area (Å²) in [6.45, 7) is 7.27. The van der Waals surface area contributed by atoms with Gasteiger partial charge in [-0.25, -0.2) is 4.98 Å². The van der Waals surface area contributed by atoms with E-state index in [1.165, 1.54) is 0 Å². The number of nitrogens with one attached hydrogen (secondary N) is 2. The number of ether oxygens (including phenoxy) is 1. The summed E-state index contributed by atoms with van der Waals surface area (Å²) in [5.74, 6) is 0.804. The number of rotatable bonds is 4. The molecule has 0 bridgehead atoms. The molecular weight excluding hydrogens is 252 g/mol. The molecule has 1 aliphatic carbocycles. The predicted octanol–water partition coefficient (Wildman–Crippen LogP) is 2.76. The Morgan fingerprint density at radius 2 is 2.30 bits per heavy atom. The van der Waals surface area contributed by atoms with Crippen molar-refractivity contribution in [3.8, 4) is 0 Å². The highest BCUT2D eigenvalue weighted by molar-refractivity contribution is 5.80. The molecule has 4 N–H and O–H groups in total. The van der Waals surface area contributed by atoms with E-state index in [9.17, 15) is 0 Å². The summed E-state index contributed by atoms with van der Waals surface area (Å²) < 4.78 is 5.75. The van der Waals surface area contributed by atoms with Crippen molar-refractivity contribution >= 4 is 22.7 Å². The molecule has 2 atom stereocenters. The molecule has 1 fully saturated rings. The number of hydrogen-bond acceptors (Lipinski definition) is 4. The number of aromatic nitrogens is 2. The van der Waals surface area contributed by atoms with Crippen LogP contribution in [0.15, 0.2) is 18.2 Å². The maximum Gasteiger partial charge on any atom is 0.201 e. The van der Waals surface area contributed by atoms with Crippen molar-refractivity contribution in [3.05, 3.63) is 18.2 Å². The second-order valence-electron chi connectivity index (χ2n) is 6.06. The van der Waals surface area contributed by atoms with Crippen molar-refractivity contribution in [3.63, 3.8) is 0 Å². The second kappa shape index (κ2) is 4.66. The lowest BCUT2D eigenvalue weighted by Crippen LogP contribution is -2.58. The maximum atomic E-state index is 5.78. The maximum absolute atomic E-state index is 5.78. The number of nitrogens with two attached hydrogens (primary N) is 1. The molecular formula is C15H22N4O. The lowest BCUT2D eigenvalue weighted by molar-refractivity contribution is -0.0977. The van der Waals surface area contributed by atoms with Crippen molar-refractivity contribution in [1.82, 2.24) is 9.97 Å². The van der Waals surface area contributed by atoms with Crippen LogP contribution in [0.1, 0.15) is 27.2 Å². The number of aromatic amines is 1. The van der Waals surface area contributed by atoms with Crippen LogP contribution >= 0.6 is 0 Å². The first-order valence-electron chi connectivity index (χ1n) is 7.14. The molecule has 0 aliphatic heterocycles. The van der Waals surface area contributed by atoms with Crippen LogP contribution in [0.3, 0.4) is 0 Å². The van der Waals surface area contributed by atoms with E-state index < -0.39 is 0 Å². The number of imidazole rings is 1. The fourth-order valence-electron chi connectivity index (χ4n) is 2.88. The van der Waals surface area contributed by atoms with Crippen LogP contribution in [0, 0.1) is 5.41 Å². The highest BCUT2D eigenvalue weighted by atomic mass is 16.5. The van der Waals surface area contributed by atoms with Gasteiger partial charge in [-0.3, -0.25) is 0 Å². The Kier molecular flexibility index (Phi) is 3.09. The SMILES string of the molecule is CCOC1CC(Nc2nc3ccc(N)cc3[nH]2)C1(C)C. The smallest absolute Gasteiger partial charge is 0.201 e. The van der Waals surface area contributed by atoms with Gasteiger partial charge in [0.15, 0.2) is 0 Å². The minimum Gasteiger partial charge on any atom is -0.399 e. The third-order valence-corrected chi connectivity index (χ3v) is 4.36. The fourth-order valence-corrected chi connectivity index (χ4v) is 2.88. The van der Waals surface area contributed by atoms with Crippen LogP contribution in [0.25, 0.3) is 11.0 Å². The highest BCUT2D eigenvalue weighted by Crippen LogP contribution is 2.44. The van der Waals surface area contributed by atoms with Crippen molar-refractivity contribution in [2.24, 2.45) is 5.41 Å². The zero-order valence-electron chi connectivity index (χ0n) is 12.2. The van der Waals surface area contributed by atoms with Crippen molar-refractivity contribution in [2.45, 2.75) is 39.3 Å². The first-order valence-corrected chi connectivity index (χ1v) is 7.14. The van der Waals surface area contributed by atoms with E-state index in [0.717, 1.165) is 35.7 Å². The van der Waals surface area contributed by atoms with Gasteiger partial charge in [0.05, 0.1) is 17.1 Å². The van der Waals surface area contributed by atoms with E-state index in [4.69, 9.17) is 10.5 Å². The molecule has 0 radical (unpaired) electrons. The summed E-state index contributed by atoms with van der Waals surface area (Å²) in [5.41, 5.74) is 8.54. The Labute approximate surface area is 118 Å². The average molecular weight is 274 g/mol. The molecule has 0 amide bonds. The van der Waals surface area contributed by atoms with Crippen molar-refractivity contribution in [1.29, 1.82) is 0 Å². The van der Waals surface area contributed by atoms with Gasteiger partial charge in [-0.15, -0.1) is 0 Å². The summed E-state index contributed by atoms with van der Waals surface area (Å²) in [7, 11) is 0. The molecule has 0 spiro atoms. The largest absolute Gasteiger partial charge is 0.399 e. The first kappa shape index (κ1) is 13.2. The van der Waals surface area contributed by atoms with Crippen molar-refractivity contribution in [2.75, 3.05) is 17.7 Å². The van der Waals surface area contributed by atoms with E-state index in [1.54, 1.807) is 0 Å². The number of H-pyrrole nitrogens is 1. The lowest BCUT2D eigenvalue weighted by atomic mass is 9.64. The normalized spacial score (nSPS) is 24.6. The number of nitrogens with zero attached hydrogens (tertiary/aromatic N) is 1. The molecule has 2 aromatic rings. The van der Waals surface area contributed by atoms with Gasteiger partial charge in [0, 0.05) is 23.8 Å². The quantitative estimate of drug-likeness (QED) is 0.749. The number of anilines is 2. The predicted molar refractivity (Wildman–Crippen MR) is 81.7 cm³/mol. The van der Waals surface area contributed by atoms with Gasteiger partial charge in [-0.2, -0.15) is 0 Å². The zero-order valence-corrected chi connectivity index (χ0v) is 12.2. The van der Waals surface area contributed by atoms with Crippen LogP contribution < -0.4 is 11.1 Å². The van der Waals surface area contributed by atoms with Crippen LogP contribution in [0.4, 0.5) is 11.6 Å². The Bertz CT molecular complexity index is 619.